The van der Waals surface area contributed by atoms with E-state index in [-0.39, 0.29) is 0 Å². The Morgan fingerprint density at radius 3 is 2.81 bits per heavy atom. The molecule has 0 unspecified atom stereocenters. The number of hydrogen-bond acceptors (Lipinski definition) is 3. The summed E-state index contributed by atoms with van der Waals surface area (Å²) in [5.41, 5.74) is 0. The Morgan fingerprint density at radius 1 is 1.19 bits per heavy atom. The Labute approximate surface area is 128 Å². The fourth-order valence-corrected chi connectivity index (χ4v) is 4.29. The Kier molecular flexibility index (Phi) is 5.17. The first-order valence-corrected chi connectivity index (χ1v) is 8.80. The van der Waals surface area contributed by atoms with Crippen molar-refractivity contribution >= 4 is 5.91 Å². The number of likely N-dealkylation sites (tertiary alicyclic amines) is 1. The molecule has 0 aromatic carbocycles. The van der Waals surface area contributed by atoms with Crippen molar-refractivity contribution in [2.75, 3.05) is 39.9 Å². The topological polar surface area (TPSA) is 32.8 Å². The molecule has 21 heavy (non-hydrogen) atoms. The SMILES string of the molecule is CN1CCOC[C@H]2CCN(C(=O)CCC3CCCC3)C[C@H]21. The molecule has 0 bridgehead atoms. The number of fused-ring (bicyclic) bond motifs is 1. The fourth-order valence-electron chi connectivity index (χ4n) is 4.29. The van der Waals surface area contributed by atoms with Crippen LogP contribution in [-0.4, -0.2) is 61.6 Å². The van der Waals surface area contributed by atoms with Gasteiger partial charge in [0, 0.05) is 38.0 Å². The number of amides is 1. The van der Waals surface area contributed by atoms with Crippen LogP contribution in [0.25, 0.3) is 0 Å². The minimum Gasteiger partial charge on any atom is -0.380 e. The number of nitrogens with zero attached hydrogens (tertiary/aromatic N) is 2. The average Bonchev–Trinajstić information content (AvgIpc) is 2.95. The molecule has 3 aliphatic rings. The maximum absolute atomic E-state index is 12.5. The van der Waals surface area contributed by atoms with Gasteiger partial charge in [-0.1, -0.05) is 25.7 Å². The average molecular weight is 294 g/mol. The molecule has 2 heterocycles. The zero-order valence-electron chi connectivity index (χ0n) is 13.4. The second-order valence-electron chi connectivity index (χ2n) is 7.20. The fraction of sp³-hybridized carbons (Fsp3) is 0.941. The number of carbonyl (C=O) groups is 1. The summed E-state index contributed by atoms with van der Waals surface area (Å²) in [6.45, 7) is 4.54. The van der Waals surface area contributed by atoms with E-state index in [0.29, 0.717) is 17.9 Å². The van der Waals surface area contributed by atoms with Gasteiger partial charge in [0.2, 0.25) is 5.91 Å². The van der Waals surface area contributed by atoms with Gasteiger partial charge in [0.05, 0.1) is 13.2 Å². The van der Waals surface area contributed by atoms with Crippen LogP contribution < -0.4 is 0 Å². The van der Waals surface area contributed by atoms with Crippen molar-refractivity contribution < 1.29 is 9.53 Å². The quantitative estimate of drug-likeness (QED) is 0.799. The number of hydrogen-bond donors (Lipinski definition) is 0. The van der Waals surface area contributed by atoms with E-state index in [1.165, 1.54) is 25.7 Å². The smallest absolute Gasteiger partial charge is 0.222 e. The van der Waals surface area contributed by atoms with Crippen molar-refractivity contribution in [2.24, 2.45) is 11.8 Å². The van der Waals surface area contributed by atoms with Crippen molar-refractivity contribution in [3.8, 4) is 0 Å². The highest BCUT2D eigenvalue weighted by molar-refractivity contribution is 5.76. The van der Waals surface area contributed by atoms with Crippen LogP contribution in [-0.2, 0) is 9.53 Å². The number of carbonyl (C=O) groups excluding carboxylic acids is 1. The molecule has 1 saturated carbocycles. The van der Waals surface area contributed by atoms with Gasteiger partial charge in [0.25, 0.3) is 0 Å². The standard InChI is InChI=1S/C17H30N2O2/c1-18-10-11-21-13-15-8-9-19(12-16(15)18)17(20)7-6-14-4-2-3-5-14/h14-16H,2-13H2,1H3/t15-,16-/m1/s1. The maximum atomic E-state index is 12.5. The van der Waals surface area contributed by atoms with Gasteiger partial charge in [-0.05, 0) is 25.8 Å². The number of rotatable bonds is 3. The van der Waals surface area contributed by atoms with E-state index >= 15 is 0 Å². The molecular formula is C17H30N2O2. The van der Waals surface area contributed by atoms with Crippen molar-refractivity contribution in [2.45, 2.75) is 51.0 Å². The molecule has 2 saturated heterocycles. The van der Waals surface area contributed by atoms with E-state index in [9.17, 15) is 4.79 Å². The Bertz CT molecular complexity index is 355. The summed E-state index contributed by atoms with van der Waals surface area (Å²) < 4.78 is 5.70. The second-order valence-corrected chi connectivity index (χ2v) is 7.20. The molecule has 4 heteroatoms. The molecule has 0 radical (unpaired) electrons. The Morgan fingerprint density at radius 2 is 2.00 bits per heavy atom. The van der Waals surface area contributed by atoms with E-state index in [1.54, 1.807) is 0 Å². The van der Waals surface area contributed by atoms with Gasteiger partial charge in [-0.3, -0.25) is 9.69 Å². The highest BCUT2D eigenvalue weighted by Crippen LogP contribution is 2.29. The van der Waals surface area contributed by atoms with E-state index in [0.717, 1.165) is 58.0 Å². The molecule has 120 valence electrons. The number of ether oxygens (including phenoxy) is 1. The third kappa shape index (κ3) is 3.78. The lowest BCUT2D eigenvalue weighted by Crippen LogP contribution is -2.53. The van der Waals surface area contributed by atoms with Crippen molar-refractivity contribution in [3.05, 3.63) is 0 Å². The van der Waals surface area contributed by atoms with Crippen LogP contribution >= 0.6 is 0 Å². The van der Waals surface area contributed by atoms with E-state index in [1.807, 2.05) is 0 Å². The summed E-state index contributed by atoms with van der Waals surface area (Å²) in [7, 11) is 2.18. The predicted octanol–water partition coefficient (Wildman–Crippen LogP) is 2.14. The van der Waals surface area contributed by atoms with Crippen LogP contribution in [0.4, 0.5) is 0 Å². The van der Waals surface area contributed by atoms with Gasteiger partial charge in [-0.2, -0.15) is 0 Å². The van der Waals surface area contributed by atoms with E-state index < -0.39 is 0 Å². The zero-order valence-corrected chi connectivity index (χ0v) is 13.4. The monoisotopic (exact) mass is 294 g/mol. The molecule has 3 fully saturated rings. The lowest BCUT2D eigenvalue weighted by Gasteiger charge is -2.41. The third-order valence-electron chi connectivity index (χ3n) is 5.80. The van der Waals surface area contributed by atoms with Crippen LogP contribution in [0.3, 0.4) is 0 Å². The van der Waals surface area contributed by atoms with Gasteiger partial charge in [-0.25, -0.2) is 0 Å². The summed E-state index contributed by atoms with van der Waals surface area (Å²) >= 11 is 0. The van der Waals surface area contributed by atoms with Gasteiger partial charge in [0.15, 0.2) is 0 Å². The molecule has 4 nitrogen and oxygen atoms in total. The molecule has 3 rings (SSSR count). The van der Waals surface area contributed by atoms with Gasteiger partial charge < -0.3 is 9.64 Å². The molecule has 0 aromatic heterocycles. The van der Waals surface area contributed by atoms with Crippen molar-refractivity contribution in [1.82, 2.24) is 9.80 Å². The number of piperidine rings is 1. The van der Waals surface area contributed by atoms with Gasteiger partial charge in [-0.15, -0.1) is 0 Å². The van der Waals surface area contributed by atoms with Gasteiger partial charge >= 0.3 is 0 Å². The predicted molar refractivity (Wildman–Crippen MR) is 83.1 cm³/mol. The van der Waals surface area contributed by atoms with Crippen LogP contribution in [0.5, 0.6) is 0 Å². The molecular weight excluding hydrogens is 264 g/mol. The molecule has 2 atom stereocenters. The number of likely N-dealkylation sites (N-methyl/N-ethyl adjacent to an activating group) is 1. The summed E-state index contributed by atoms with van der Waals surface area (Å²) in [6, 6.07) is 0.497. The molecule has 0 spiro atoms. The Hall–Kier alpha value is -0.610. The highest BCUT2D eigenvalue weighted by Gasteiger charge is 2.35. The normalized spacial score (nSPS) is 32.0. The highest BCUT2D eigenvalue weighted by atomic mass is 16.5. The Balaban J connectivity index is 1.50. The first kappa shape index (κ1) is 15.3. The van der Waals surface area contributed by atoms with Crippen LogP contribution in [0.15, 0.2) is 0 Å². The van der Waals surface area contributed by atoms with E-state index in [2.05, 4.69) is 16.8 Å². The molecule has 1 amide bonds. The largest absolute Gasteiger partial charge is 0.380 e. The lowest BCUT2D eigenvalue weighted by molar-refractivity contribution is -0.134. The van der Waals surface area contributed by atoms with Gasteiger partial charge in [0.1, 0.15) is 0 Å². The molecule has 1 aliphatic carbocycles. The van der Waals surface area contributed by atoms with Crippen LogP contribution in [0.1, 0.15) is 44.9 Å². The third-order valence-corrected chi connectivity index (χ3v) is 5.80. The van der Waals surface area contributed by atoms with E-state index in [4.69, 9.17) is 4.74 Å². The second kappa shape index (κ2) is 7.10. The molecule has 2 aliphatic heterocycles. The summed E-state index contributed by atoms with van der Waals surface area (Å²) in [4.78, 5) is 17.0. The first-order chi connectivity index (χ1) is 10.2. The first-order valence-electron chi connectivity index (χ1n) is 8.80. The minimum absolute atomic E-state index is 0.388. The van der Waals surface area contributed by atoms with Crippen molar-refractivity contribution in [3.63, 3.8) is 0 Å². The van der Waals surface area contributed by atoms with Crippen LogP contribution in [0.2, 0.25) is 0 Å². The lowest BCUT2D eigenvalue weighted by atomic mass is 9.91. The van der Waals surface area contributed by atoms with Crippen LogP contribution in [0, 0.1) is 11.8 Å². The minimum atomic E-state index is 0.388. The molecule has 0 N–H and O–H groups in total. The summed E-state index contributed by atoms with van der Waals surface area (Å²) in [5, 5.41) is 0. The zero-order chi connectivity index (χ0) is 14.7. The molecule has 0 aromatic rings. The summed E-state index contributed by atoms with van der Waals surface area (Å²) in [5.74, 6) is 1.82. The summed E-state index contributed by atoms with van der Waals surface area (Å²) in [6.07, 6.45) is 8.42. The van der Waals surface area contributed by atoms with Crippen molar-refractivity contribution in [1.29, 1.82) is 0 Å². The maximum Gasteiger partial charge on any atom is 0.222 e.